The Morgan fingerprint density at radius 3 is 2.31 bits per heavy atom. The van der Waals surface area contributed by atoms with E-state index in [4.69, 9.17) is 14.9 Å². The molecule has 2 N–H and O–H groups in total. The Balaban J connectivity index is 1.86. The van der Waals surface area contributed by atoms with Gasteiger partial charge in [-0.25, -0.2) is 0 Å². The highest BCUT2D eigenvalue weighted by Crippen LogP contribution is 2.38. The Morgan fingerprint density at radius 2 is 1.65 bits per heavy atom. The fraction of sp³-hybridized carbons (Fsp3) is 0.304. The molecule has 136 valence electrons. The minimum absolute atomic E-state index is 0.0105. The zero-order chi connectivity index (χ0) is 18.8. The lowest BCUT2D eigenvalue weighted by Crippen LogP contribution is -2.36. The van der Waals surface area contributed by atoms with E-state index < -0.39 is 0 Å². The first-order valence-electron chi connectivity index (χ1n) is 8.95. The summed E-state index contributed by atoms with van der Waals surface area (Å²) in [6.45, 7) is 8.76. The molecule has 0 atom stereocenters. The summed E-state index contributed by atoms with van der Waals surface area (Å²) in [4.78, 5) is 0. The highest BCUT2D eigenvalue weighted by Gasteiger charge is 2.32. The SMILES string of the molecule is CC(C)(CC(C)(C)c1ccccc1)Oc1ccc(N)cc1-c1ccco1. The van der Waals surface area contributed by atoms with Crippen molar-refractivity contribution in [3.63, 3.8) is 0 Å². The van der Waals surface area contributed by atoms with Gasteiger partial charge in [-0.1, -0.05) is 44.2 Å². The molecular formula is C23H27NO2. The van der Waals surface area contributed by atoms with Crippen molar-refractivity contribution in [2.75, 3.05) is 5.73 Å². The monoisotopic (exact) mass is 349 g/mol. The summed E-state index contributed by atoms with van der Waals surface area (Å²) in [6, 6.07) is 20.0. The van der Waals surface area contributed by atoms with E-state index in [2.05, 4.69) is 52.0 Å². The largest absolute Gasteiger partial charge is 0.487 e. The van der Waals surface area contributed by atoms with Crippen LogP contribution in [0.25, 0.3) is 11.3 Å². The van der Waals surface area contributed by atoms with Crippen molar-refractivity contribution >= 4 is 5.69 Å². The smallest absolute Gasteiger partial charge is 0.137 e. The first-order chi connectivity index (χ1) is 12.3. The van der Waals surface area contributed by atoms with Gasteiger partial charge in [0, 0.05) is 5.69 Å². The average molecular weight is 349 g/mol. The van der Waals surface area contributed by atoms with E-state index in [0.717, 1.165) is 23.5 Å². The van der Waals surface area contributed by atoms with Crippen LogP contribution in [0.2, 0.25) is 0 Å². The topological polar surface area (TPSA) is 48.4 Å². The summed E-state index contributed by atoms with van der Waals surface area (Å²) in [7, 11) is 0. The summed E-state index contributed by atoms with van der Waals surface area (Å²) in [5.41, 5.74) is 8.47. The predicted octanol–water partition coefficient (Wildman–Crippen LogP) is 6.05. The van der Waals surface area contributed by atoms with Gasteiger partial charge in [0.2, 0.25) is 0 Å². The van der Waals surface area contributed by atoms with Crippen molar-refractivity contribution in [3.8, 4) is 17.1 Å². The fourth-order valence-corrected chi connectivity index (χ4v) is 3.65. The number of nitrogen functional groups attached to an aromatic ring is 1. The van der Waals surface area contributed by atoms with E-state index in [1.807, 2.05) is 36.4 Å². The van der Waals surface area contributed by atoms with Crippen molar-refractivity contribution in [3.05, 3.63) is 72.5 Å². The van der Waals surface area contributed by atoms with E-state index in [1.165, 1.54) is 5.56 Å². The molecule has 0 spiro atoms. The molecule has 0 bridgehead atoms. The molecule has 0 unspecified atom stereocenters. The lowest BCUT2D eigenvalue weighted by molar-refractivity contribution is 0.0771. The summed E-state index contributed by atoms with van der Waals surface area (Å²) in [6.07, 6.45) is 2.53. The van der Waals surface area contributed by atoms with Crippen LogP contribution < -0.4 is 10.5 Å². The summed E-state index contributed by atoms with van der Waals surface area (Å²) in [5.74, 6) is 1.54. The molecule has 3 aromatic rings. The summed E-state index contributed by atoms with van der Waals surface area (Å²) >= 11 is 0. The number of benzene rings is 2. The quantitative estimate of drug-likeness (QED) is 0.551. The van der Waals surface area contributed by atoms with Crippen LogP contribution in [0.15, 0.2) is 71.3 Å². The molecule has 0 aliphatic rings. The Hall–Kier alpha value is -2.68. The van der Waals surface area contributed by atoms with E-state index in [-0.39, 0.29) is 11.0 Å². The Bertz CT molecular complexity index is 849. The lowest BCUT2D eigenvalue weighted by Gasteiger charge is -2.36. The zero-order valence-electron chi connectivity index (χ0n) is 16.0. The minimum Gasteiger partial charge on any atom is -0.487 e. The first kappa shape index (κ1) is 18.1. The molecule has 3 rings (SSSR count). The predicted molar refractivity (Wildman–Crippen MR) is 107 cm³/mol. The van der Waals surface area contributed by atoms with Crippen molar-refractivity contribution in [2.24, 2.45) is 0 Å². The molecule has 3 nitrogen and oxygen atoms in total. The molecule has 0 saturated carbocycles. The number of hydrogen-bond donors (Lipinski definition) is 1. The molecule has 0 amide bonds. The van der Waals surface area contributed by atoms with Gasteiger partial charge in [-0.3, -0.25) is 0 Å². The van der Waals surface area contributed by atoms with Gasteiger partial charge in [0.25, 0.3) is 0 Å². The molecular weight excluding hydrogens is 322 g/mol. The zero-order valence-corrected chi connectivity index (χ0v) is 16.0. The number of furan rings is 1. The van der Waals surface area contributed by atoms with Gasteiger partial charge < -0.3 is 14.9 Å². The van der Waals surface area contributed by atoms with Crippen molar-refractivity contribution < 1.29 is 9.15 Å². The van der Waals surface area contributed by atoms with E-state index in [1.54, 1.807) is 6.26 Å². The fourth-order valence-electron chi connectivity index (χ4n) is 3.65. The van der Waals surface area contributed by atoms with Crippen molar-refractivity contribution in [1.29, 1.82) is 0 Å². The number of ether oxygens (including phenoxy) is 1. The van der Waals surface area contributed by atoms with E-state index in [9.17, 15) is 0 Å². The van der Waals surface area contributed by atoms with Gasteiger partial charge in [-0.15, -0.1) is 0 Å². The second-order valence-electron chi connectivity index (χ2n) is 8.02. The molecule has 0 radical (unpaired) electrons. The molecule has 0 aliphatic heterocycles. The van der Waals surface area contributed by atoms with Crippen LogP contribution in [0.5, 0.6) is 5.75 Å². The van der Waals surface area contributed by atoms with Gasteiger partial charge in [0.15, 0.2) is 0 Å². The van der Waals surface area contributed by atoms with Crippen LogP contribution >= 0.6 is 0 Å². The molecule has 0 aliphatic carbocycles. The maximum absolute atomic E-state index is 6.45. The second-order valence-corrected chi connectivity index (χ2v) is 8.02. The summed E-state index contributed by atoms with van der Waals surface area (Å²) < 4.78 is 12.0. The Kier molecular flexibility index (Phi) is 4.82. The van der Waals surface area contributed by atoms with Crippen LogP contribution in [-0.2, 0) is 5.41 Å². The molecule has 1 aromatic heterocycles. The van der Waals surface area contributed by atoms with E-state index >= 15 is 0 Å². The maximum Gasteiger partial charge on any atom is 0.137 e. The van der Waals surface area contributed by atoms with Crippen LogP contribution in [0.1, 0.15) is 39.7 Å². The van der Waals surface area contributed by atoms with Gasteiger partial charge in [0.1, 0.15) is 17.1 Å². The first-order valence-corrected chi connectivity index (χ1v) is 8.95. The molecule has 0 saturated heterocycles. The molecule has 2 aromatic carbocycles. The maximum atomic E-state index is 6.45. The highest BCUT2D eigenvalue weighted by atomic mass is 16.5. The van der Waals surface area contributed by atoms with Gasteiger partial charge in [0.05, 0.1) is 11.8 Å². The van der Waals surface area contributed by atoms with Crippen LogP contribution in [0.4, 0.5) is 5.69 Å². The number of hydrogen-bond acceptors (Lipinski definition) is 3. The normalized spacial score (nSPS) is 12.2. The Morgan fingerprint density at radius 1 is 0.923 bits per heavy atom. The second kappa shape index (κ2) is 6.91. The Labute approximate surface area is 155 Å². The van der Waals surface area contributed by atoms with Crippen LogP contribution in [0.3, 0.4) is 0 Å². The van der Waals surface area contributed by atoms with Crippen LogP contribution in [-0.4, -0.2) is 5.60 Å². The molecule has 1 heterocycles. The summed E-state index contributed by atoms with van der Waals surface area (Å²) in [5, 5.41) is 0. The van der Waals surface area contributed by atoms with Gasteiger partial charge in [-0.05, 0) is 61.6 Å². The molecule has 26 heavy (non-hydrogen) atoms. The highest BCUT2D eigenvalue weighted by molar-refractivity contribution is 5.70. The van der Waals surface area contributed by atoms with Gasteiger partial charge >= 0.3 is 0 Å². The third kappa shape index (κ3) is 4.10. The molecule has 3 heteroatoms. The third-order valence-electron chi connectivity index (χ3n) is 4.60. The van der Waals surface area contributed by atoms with E-state index in [0.29, 0.717) is 5.69 Å². The van der Waals surface area contributed by atoms with Crippen LogP contribution in [0, 0.1) is 0 Å². The average Bonchev–Trinajstić information content (AvgIpc) is 3.10. The number of rotatable bonds is 6. The standard InChI is InChI=1S/C23H27NO2/c1-22(2,17-9-6-5-7-10-17)16-23(3,4)26-21-13-12-18(24)15-19(21)20-11-8-14-25-20/h5-15H,16,24H2,1-4H3. The number of nitrogens with two attached hydrogens (primary N) is 1. The molecule has 0 fully saturated rings. The lowest BCUT2D eigenvalue weighted by atomic mass is 9.76. The third-order valence-corrected chi connectivity index (χ3v) is 4.60. The minimum atomic E-state index is -0.364. The van der Waals surface area contributed by atoms with Crippen molar-refractivity contribution in [1.82, 2.24) is 0 Å². The number of anilines is 1. The van der Waals surface area contributed by atoms with Gasteiger partial charge in [-0.2, -0.15) is 0 Å². The van der Waals surface area contributed by atoms with Crippen molar-refractivity contribution in [2.45, 2.75) is 45.1 Å².